The van der Waals surface area contributed by atoms with Gasteiger partial charge in [-0.3, -0.25) is 9.20 Å². The third-order valence-electron chi connectivity index (χ3n) is 3.67. The largest absolute Gasteiger partial charge is 0.351 e. The van der Waals surface area contributed by atoms with Crippen LogP contribution in [0.2, 0.25) is 0 Å². The van der Waals surface area contributed by atoms with Gasteiger partial charge in [0.05, 0.1) is 10.4 Å². The molecule has 0 aliphatic rings. The molecule has 3 aromatic heterocycles. The van der Waals surface area contributed by atoms with Gasteiger partial charge in [0, 0.05) is 18.1 Å². The van der Waals surface area contributed by atoms with Crippen molar-refractivity contribution in [1.82, 2.24) is 14.7 Å². The average Bonchev–Trinajstić information content (AvgIpc) is 3.10. The summed E-state index contributed by atoms with van der Waals surface area (Å²) in [4.78, 5) is 19.4. The molecular formula is C14H17N3OS2. The van der Waals surface area contributed by atoms with Crippen molar-refractivity contribution in [2.45, 2.75) is 26.7 Å². The maximum atomic E-state index is 12.2. The predicted octanol–water partition coefficient (Wildman–Crippen LogP) is 3.78. The number of carbonyl (C=O) groups excluding carboxylic acids is 1. The normalized spacial score (nSPS) is 11.8. The number of imidazole rings is 1. The van der Waals surface area contributed by atoms with E-state index in [1.54, 1.807) is 11.3 Å². The summed E-state index contributed by atoms with van der Waals surface area (Å²) in [5.41, 5.74) is 1.03. The molecular weight excluding hydrogens is 290 g/mol. The Labute approximate surface area is 125 Å². The lowest BCUT2D eigenvalue weighted by Crippen LogP contribution is -2.28. The van der Waals surface area contributed by atoms with Gasteiger partial charge in [0.15, 0.2) is 4.96 Å². The molecule has 3 rings (SSSR count). The van der Waals surface area contributed by atoms with Crippen molar-refractivity contribution in [3.8, 4) is 0 Å². The Morgan fingerprint density at radius 3 is 3.00 bits per heavy atom. The van der Waals surface area contributed by atoms with E-state index >= 15 is 0 Å². The van der Waals surface area contributed by atoms with Gasteiger partial charge in [-0.1, -0.05) is 26.7 Å². The highest BCUT2D eigenvalue weighted by molar-refractivity contribution is 7.21. The summed E-state index contributed by atoms with van der Waals surface area (Å²) < 4.78 is 2.04. The summed E-state index contributed by atoms with van der Waals surface area (Å²) in [6.07, 6.45) is 4.19. The smallest absolute Gasteiger partial charge is 0.261 e. The molecule has 0 saturated carbocycles. The van der Waals surface area contributed by atoms with E-state index in [2.05, 4.69) is 24.1 Å². The first-order chi connectivity index (χ1) is 9.72. The van der Waals surface area contributed by atoms with Crippen LogP contribution in [0.1, 0.15) is 36.4 Å². The van der Waals surface area contributed by atoms with Gasteiger partial charge >= 0.3 is 0 Å². The molecule has 1 amide bonds. The Morgan fingerprint density at radius 1 is 1.45 bits per heavy atom. The van der Waals surface area contributed by atoms with Crippen LogP contribution in [0.25, 0.3) is 15.3 Å². The highest BCUT2D eigenvalue weighted by Crippen LogP contribution is 2.28. The quantitative estimate of drug-likeness (QED) is 0.780. The molecule has 1 N–H and O–H groups in total. The van der Waals surface area contributed by atoms with Gasteiger partial charge in [0.2, 0.25) is 0 Å². The SMILES string of the molecule is CCC(CC)CNC(=O)c1cc2c(nc3sccn32)s1. The summed E-state index contributed by atoms with van der Waals surface area (Å²) in [5, 5.41) is 5.04. The molecule has 0 spiro atoms. The summed E-state index contributed by atoms with van der Waals surface area (Å²) >= 11 is 3.08. The van der Waals surface area contributed by atoms with Crippen molar-refractivity contribution in [2.75, 3.05) is 6.54 Å². The second-order valence-corrected chi connectivity index (χ2v) is 6.76. The maximum Gasteiger partial charge on any atom is 0.261 e. The van der Waals surface area contributed by atoms with E-state index in [9.17, 15) is 4.79 Å². The summed E-state index contributed by atoms with van der Waals surface area (Å²) in [7, 11) is 0. The molecule has 0 radical (unpaired) electrons. The number of fused-ring (bicyclic) bond motifs is 3. The zero-order valence-corrected chi connectivity index (χ0v) is 13.2. The van der Waals surface area contributed by atoms with Gasteiger partial charge in [0.1, 0.15) is 4.83 Å². The minimum atomic E-state index is 0.0175. The standard InChI is InChI=1S/C14H17N3OS2/c1-3-9(4-2)8-15-12(18)11-7-10-13(20-11)16-14-17(10)5-6-19-14/h5-7,9H,3-4,8H2,1-2H3,(H,15,18). The van der Waals surface area contributed by atoms with Crippen LogP contribution in [0.3, 0.4) is 0 Å². The predicted molar refractivity (Wildman–Crippen MR) is 84.9 cm³/mol. The number of hydrogen-bond acceptors (Lipinski definition) is 4. The van der Waals surface area contributed by atoms with Crippen molar-refractivity contribution in [3.63, 3.8) is 0 Å². The van der Waals surface area contributed by atoms with Crippen LogP contribution in [-0.4, -0.2) is 21.8 Å². The van der Waals surface area contributed by atoms with E-state index < -0.39 is 0 Å². The molecule has 0 saturated heterocycles. The molecule has 0 aliphatic heterocycles. The molecule has 106 valence electrons. The Kier molecular flexibility index (Phi) is 3.76. The van der Waals surface area contributed by atoms with Crippen LogP contribution < -0.4 is 5.32 Å². The molecule has 0 fully saturated rings. The zero-order chi connectivity index (χ0) is 14.1. The second-order valence-electron chi connectivity index (χ2n) is 4.86. The van der Waals surface area contributed by atoms with E-state index in [0.29, 0.717) is 5.92 Å². The Morgan fingerprint density at radius 2 is 2.25 bits per heavy atom. The third kappa shape index (κ3) is 2.33. The van der Waals surface area contributed by atoms with Crippen molar-refractivity contribution >= 4 is 43.9 Å². The highest BCUT2D eigenvalue weighted by Gasteiger charge is 2.15. The lowest BCUT2D eigenvalue weighted by atomic mass is 10.0. The molecule has 0 bridgehead atoms. The van der Waals surface area contributed by atoms with Crippen LogP contribution in [0.4, 0.5) is 0 Å². The molecule has 0 unspecified atom stereocenters. The topological polar surface area (TPSA) is 46.4 Å². The number of carbonyl (C=O) groups is 1. The van der Waals surface area contributed by atoms with E-state index in [4.69, 9.17) is 0 Å². The first-order valence-electron chi connectivity index (χ1n) is 6.86. The van der Waals surface area contributed by atoms with Crippen molar-refractivity contribution in [3.05, 3.63) is 22.5 Å². The Hall–Kier alpha value is -1.40. The summed E-state index contributed by atoms with van der Waals surface area (Å²) in [6, 6.07) is 1.94. The minimum Gasteiger partial charge on any atom is -0.351 e. The molecule has 6 heteroatoms. The van der Waals surface area contributed by atoms with Gasteiger partial charge in [-0.2, -0.15) is 0 Å². The van der Waals surface area contributed by atoms with E-state index in [-0.39, 0.29) is 5.91 Å². The van der Waals surface area contributed by atoms with Crippen LogP contribution in [0.15, 0.2) is 17.6 Å². The van der Waals surface area contributed by atoms with Gasteiger partial charge < -0.3 is 5.32 Å². The first kappa shape index (κ1) is 13.6. The number of aromatic nitrogens is 2. The van der Waals surface area contributed by atoms with E-state index in [0.717, 1.165) is 39.6 Å². The molecule has 20 heavy (non-hydrogen) atoms. The van der Waals surface area contributed by atoms with Crippen LogP contribution >= 0.6 is 22.7 Å². The van der Waals surface area contributed by atoms with Gasteiger partial charge in [-0.15, -0.1) is 22.7 Å². The Balaban J connectivity index is 1.79. The van der Waals surface area contributed by atoms with Gasteiger partial charge in [-0.25, -0.2) is 4.98 Å². The van der Waals surface area contributed by atoms with Gasteiger partial charge in [-0.05, 0) is 12.0 Å². The maximum absolute atomic E-state index is 12.2. The molecule has 0 aromatic carbocycles. The lowest BCUT2D eigenvalue weighted by molar-refractivity contribution is 0.0950. The average molecular weight is 307 g/mol. The number of thiazole rings is 1. The van der Waals surface area contributed by atoms with Crippen LogP contribution in [-0.2, 0) is 0 Å². The number of amides is 1. The number of nitrogens with zero attached hydrogens (tertiary/aromatic N) is 2. The van der Waals surface area contributed by atoms with Crippen LogP contribution in [0.5, 0.6) is 0 Å². The number of hydrogen-bond donors (Lipinski definition) is 1. The monoisotopic (exact) mass is 307 g/mol. The minimum absolute atomic E-state index is 0.0175. The second kappa shape index (κ2) is 5.54. The molecule has 3 aromatic rings. The fourth-order valence-corrected chi connectivity index (χ4v) is 3.98. The number of thiophene rings is 1. The van der Waals surface area contributed by atoms with Gasteiger partial charge in [0.25, 0.3) is 5.91 Å². The van der Waals surface area contributed by atoms with E-state index in [1.807, 2.05) is 22.0 Å². The molecule has 0 atom stereocenters. The van der Waals surface area contributed by atoms with Crippen molar-refractivity contribution in [2.24, 2.45) is 5.92 Å². The Bertz CT molecular complexity index is 736. The van der Waals surface area contributed by atoms with E-state index in [1.165, 1.54) is 11.3 Å². The number of rotatable bonds is 5. The zero-order valence-electron chi connectivity index (χ0n) is 11.5. The first-order valence-corrected chi connectivity index (χ1v) is 8.55. The van der Waals surface area contributed by atoms with Crippen molar-refractivity contribution in [1.29, 1.82) is 0 Å². The fraction of sp³-hybridized carbons (Fsp3) is 0.429. The molecule has 3 heterocycles. The fourth-order valence-electron chi connectivity index (χ4n) is 2.26. The lowest BCUT2D eigenvalue weighted by Gasteiger charge is -2.12. The molecule has 4 nitrogen and oxygen atoms in total. The highest BCUT2D eigenvalue weighted by atomic mass is 32.1. The van der Waals surface area contributed by atoms with Crippen LogP contribution in [0, 0.1) is 5.92 Å². The van der Waals surface area contributed by atoms with Crippen molar-refractivity contribution < 1.29 is 4.79 Å². The summed E-state index contributed by atoms with van der Waals surface area (Å²) in [5.74, 6) is 0.581. The number of nitrogens with one attached hydrogen (secondary N) is 1. The molecule has 0 aliphatic carbocycles. The summed E-state index contributed by atoms with van der Waals surface area (Å²) in [6.45, 7) is 5.07. The third-order valence-corrected chi connectivity index (χ3v) is 5.44.